The number of aryl methyl sites for hydroxylation is 1. The Morgan fingerprint density at radius 1 is 1.19 bits per heavy atom. The third kappa shape index (κ3) is 6.66. The molecule has 150 valence electrons. The van der Waals surface area contributed by atoms with Crippen molar-refractivity contribution in [3.63, 3.8) is 0 Å². The van der Waals surface area contributed by atoms with Crippen LogP contribution in [0.15, 0.2) is 18.2 Å². The van der Waals surface area contributed by atoms with Crippen LogP contribution in [0.3, 0.4) is 0 Å². The maximum atomic E-state index is 12.2. The zero-order valence-corrected chi connectivity index (χ0v) is 18.0. The first-order valence-corrected chi connectivity index (χ1v) is 9.16. The van der Waals surface area contributed by atoms with Gasteiger partial charge in [0, 0.05) is 38.0 Å². The van der Waals surface area contributed by atoms with Crippen molar-refractivity contribution in [2.45, 2.75) is 20.3 Å². The van der Waals surface area contributed by atoms with Crippen LogP contribution in [0.1, 0.15) is 17.0 Å². The summed E-state index contributed by atoms with van der Waals surface area (Å²) in [6, 6.07) is 5.35. The molecule has 0 bridgehead atoms. The highest BCUT2D eigenvalue weighted by Crippen LogP contribution is 2.26. The quantitative estimate of drug-likeness (QED) is 0.594. The Bertz CT molecular complexity index is 765. The minimum absolute atomic E-state index is 0. The van der Waals surface area contributed by atoms with E-state index in [-0.39, 0.29) is 24.7 Å². The van der Waals surface area contributed by atoms with Gasteiger partial charge in [-0.2, -0.15) is 5.10 Å². The number of hydrogen-bond donors (Lipinski definition) is 2. The molecule has 0 atom stereocenters. The molecular weight excluding hydrogens is 411 g/mol. The van der Waals surface area contributed by atoms with Crippen LogP contribution in [0.25, 0.3) is 5.69 Å². The highest BCUT2D eigenvalue weighted by Gasteiger charge is 2.16. The Morgan fingerprint density at radius 2 is 1.93 bits per heavy atom. The summed E-state index contributed by atoms with van der Waals surface area (Å²) in [6.07, 6.45) is 0.289. The third-order valence-corrected chi connectivity index (χ3v) is 4.77. The molecule has 0 radical (unpaired) electrons. The van der Waals surface area contributed by atoms with Crippen molar-refractivity contribution in [1.29, 1.82) is 0 Å². The van der Waals surface area contributed by atoms with Gasteiger partial charge in [-0.1, -0.05) is 23.2 Å². The molecule has 2 aromatic rings. The molecule has 1 aromatic heterocycles. The average Bonchev–Trinajstić information content (AvgIpc) is 2.88. The maximum absolute atomic E-state index is 12.2. The van der Waals surface area contributed by atoms with Crippen LogP contribution in [0.2, 0.25) is 10.0 Å². The van der Waals surface area contributed by atoms with Gasteiger partial charge in [0.25, 0.3) is 0 Å². The second-order valence-electron chi connectivity index (χ2n) is 5.93. The lowest BCUT2D eigenvalue weighted by atomic mass is 10.1. The highest BCUT2D eigenvalue weighted by molar-refractivity contribution is 6.42. The number of nitrogens with one attached hydrogen (secondary N) is 2. The van der Waals surface area contributed by atoms with Crippen molar-refractivity contribution in [1.82, 2.24) is 20.4 Å². The predicted octanol–water partition coefficient (Wildman–Crippen LogP) is 3.11. The zero-order chi connectivity index (χ0) is 19.1. The van der Waals surface area contributed by atoms with Crippen LogP contribution in [-0.2, 0) is 16.0 Å². The average molecular weight is 436 g/mol. The number of halogens is 3. The van der Waals surface area contributed by atoms with Crippen LogP contribution in [0, 0.1) is 13.8 Å². The Labute approximate surface area is 176 Å². The van der Waals surface area contributed by atoms with Crippen LogP contribution >= 0.6 is 35.6 Å². The van der Waals surface area contributed by atoms with Gasteiger partial charge in [-0.15, -0.1) is 12.4 Å². The molecular formula is C18H25Cl3N4O2. The Morgan fingerprint density at radius 3 is 2.59 bits per heavy atom. The fourth-order valence-corrected chi connectivity index (χ4v) is 2.90. The number of aromatic nitrogens is 2. The van der Waals surface area contributed by atoms with E-state index in [4.69, 9.17) is 27.9 Å². The SMILES string of the molecule is COCCNCCNC(=O)Cc1c(C)nn(-c2ccc(Cl)c(Cl)c2)c1C.Cl. The summed E-state index contributed by atoms with van der Waals surface area (Å²) in [5.74, 6) is -0.0292. The molecule has 2 N–H and O–H groups in total. The summed E-state index contributed by atoms with van der Waals surface area (Å²) in [5, 5.41) is 11.6. The van der Waals surface area contributed by atoms with E-state index in [2.05, 4.69) is 15.7 Å². The second kappa shape index (κ2) is 11.5. The second-order valence-corrected chi connectivity index (χ2v) is 6.74. The van der Waals surface area contributed by atoms with Crippen LogP contribution in [0.4, 0.5) is 0 Å². The molecule has 0 unspecified atom stereocenters. The fraction of sp³-hybridized carbons (Fsp3) is 0.444. The number of carbonyl (C=O) groups excluding carboxylic acids is 1. The molecule has 0 fully saturated rings. The minimum atomic E-state index is -0.0292. The van der Waals surface area contributed by atoms with Gasteiger partial charge in [0.2, 0.25) is 5.91 Å². The smallest absolute Gasteiger partial charge is 0.224 e. The highest BCUT2D eigenvalue weighted by atomic mass is 35.5. The van der Waals surface area contributed by atoms with E-state index >= 15 is 0 Å². The van der Waals surface area contributed by atoms with E-state index < -0.39 is 0 Å². The summed E-state index contributed by atoms with van der Waals surface area (Å²) in [7, 11) is 1.66. The number of methoxy groups -OCH3 is 1. The van der Waals surface area contributed by atoms with Gasteiger partial charge in [-0.25, -0.2) is 4.68 Å². The van der Waals surface area contributed by atoms with Crippen LogP contribution in [-0.4, -0.2) is 49.0 Å². The Kier molecular flexibility index (Phi) is 10.1. The molecule has 9 heteroatoms. The number of hydrogen-bond acceptors (Lipinski definition) is 4. The fourth-order valence-electron chi connectivity index (χ4n) is 2.61. The van der Waals surface area contributed by atoms with Gasteiger partial charge in [-0.3, -0.25) is 4.79 Å². The van der Waals surface area contributed by atoms with E-state index in [0.29, 0.717) is 29.7 Å². The van der Waals surface area contributed by atoms with Crippen molar-refractivity contribution in [2.24, 2.45) is 0 Å². The summed E-state index contributed by atoms with van der Waals surface area (Å²) < 4.78 is 6.74. The normalized spacial score (nSPS) is 10.6. The topological polar surface area (TPSA) is 68.2 Å². The van der Waals surface area contributed by atoms with Gasteiger partial charge >= 0.3 is 0 Å². The zero-order valence-electron chi connectivity index (χ0n) is 15.6. The van der Waals surface area contributed by atoms with Gasteiger partial charge in [0.05, 0.1) is 34.5 Å². The largest absolute Gasteiger partial charge is 0.383 e. The molecule has 0 aliphatic carbocycles. The maximum Gasteiger partial charge on any atom is 0.224 e. The van der Waals surface area contributed by atoms with Crippen molar-refractivity contribution >= 4 is 41.5 Å². The molecule has 1 aromatic carbocycles. The standard InChI is InChI=1S/C18H24Cl2N4O2.ClH/c1-12-15(11-18(25)22-7-6-21-8-9-26-3)13(2)24(23-12)14-4-5-16(19)17(20)10-14;/h4-5,10,21H,6-9,11H2,1-3H3,(H,22,25);1H. The molecule has 0 spiro atoms. The molecule has 0 aliphatic rings. The molecule has 1 heterocycles. The molecule has 0 aliphatic heterocycles. The van der Waals surface area contributed by atoms with E-state index in [1.165, 1.54) is 0 Å². The summed E-state index contributed by atoms with van der Waals surface area (Å²) in [5.41, 5.74) is 3.46. The Balaban J connectivity index is 0.00000364. The lowest BCUT2D eigenvalue weighted by molar-refractivity contribution is -0.120. The predicted molar refractivity (Wildman–Crippen MR) is 112 cm³/mol. The molecule has 6 nitrogen and oxygen atoms in total. The number of ether oxygens (including phenoxy) is 1. The lowest BCUT2D eigenvalue weighted by Gasteiger charge is -2.08. The van der Waals surface area contributed by atoms with E-state index in [0.717, 1.165) is 29.2 Å². The molecule has 2 rings (SSSR count). The molecule has 27 heavy (non-hydrogen) atoms. The number of nitrogens with zero attached hydrogens (tertiary/aromatic N) is 2. The number of carbonyl (C=O) groups is 1. The molecule has 1 amide bonds. The van der Waals surface area contributed by atoms with Crippen molar-refractivity contribution in [3.8, 4) is 5.69 Å². The molecule has 0 saturated carbocycles. The van der Waals surface area contributed by atoms with Gasteiger partial charge < -0.3 is 15.4 Å². The summed E-state index contributed by atoms with van der Waals surface area (Å²) in [6.45, 7) is 6.53. The summed E-state index contributed by atoms with van der Waals surface area (Å²) in [4.78, 5) is 12.2. The van der Waals surface area contributed by atoms with Crippen LogP contribution < -0.4 is 10.6 Å². The minimum Gasteiger partial charge on any atom is -0.383 e. The Hall–Kier alpha value is -1.31. The monoisotopic (exact) mass is 434 g/mol. The van der Waals surface area contributed by atoms with Crippen molar-refractivity contribution < 1.29 is 9.53 Å². The molecule has 0 saturated heterocycles. The van der Waals surface area contributed by atoms with Gasteiger partial charge in [-0.05, 0) is 32.0 Å². The van der Waals surface area contributed by atoms with Gasteiger partial charge in [0.1, 0.15) is 0 Å². The summed E-state index contributed by atoms with van der Waals surface area (Å²) >= 11 is 12.1. The third-order valence-electron chi connectivity index (χ3n) is 4.03. The lowest BCUT2D eigenvalue weighted by Crippen LogP contribution is -2.34. The van der Waals surface area contributed by atoms with E-state index in [1.54, 1.807) is 23.9 Å². The number of benzene rings is 1. The first-order chi connectivity index (χ1) is 12.4. The van der Waals surface area contributed by atoms with Gasteiger partial charge in [0.15, 0.2) is 0 Å². The van der Waals surface area contributed by atoms with Crippen molar-refractivity contribution in [2.75, 3.05) is 33.4 Å². The van der Waals surface area contributed by atoms with Crippen LogP contribution in [0.5, 0.6) is 0 Å². The van der Waals surface area contributed by atoms with E-state index in [1.807, 2.05) is 19.9 Å². The first-order valence-electron chi connectivity index (χ1n) is 8.41. The first kappa shape index (κ1) is 23.7. The van der Waals surface area contributed by atoms with E-state index in [9.17, 15) is 4.79 Å². The van der Waals surface area contributed by atoms with Crippen molar-refractivity contribution in [3.05, 3.63) is 45.2 Å². The number of amides is 1. The number of rotatable bonds is 9.